The quantitative estimate of drug-likeness (QED) is 0.877. The molecule has 0 saturated carbocycles. The van der Waals surface area contributed by atoms with Crippen LogP contribution in [0.15, 0.2) is 41.8 Å². The lowest BCUT2D eigenvalue weighted by Gasteiger charge is -2.11. The standard InChI is InChI=1S/C15H16O3S/c1-2-18-12-7-5-11(6-8-12)10-13(15(16)17)14-4-3-9-19-14/h3-9,13H,2,10H2,1H3,(H,16,17). The summed E-state index contributed by atoms with van der Waals surface area (Å²) < 4.78 is 5.37. The summed E-state index contributed by atoms with van der Waals surface area (Å²) in [6.07, 6.45) is 0.502. The van der Waals surface area contributed by atoms with Crippen LogP contribution in [0.4, 0.5) is 0 Å². The lowest BCUT2D eigenvalue weighted by atomic mass is 9.98. The van der Waals surface area contributed by atoms with Crippen LogP contribution in [0, 0.1) is 0 Å². The second-order valence-electron chi connectivity index (χ2n) is 4.19. The van der Waals surface area contributed by atoms with E-state index in [0.717, 1.165) is 16.2 Å². The summed E-state index contributed by atoms with van der Waals surface area (Å²) >= 11 is 1.48. The van der Waals surface area contributed by atoms with Gasteiger partial charge in [0.15, 0.2) is 0 Å². The zero-order valence-electron chi connectivity index (χ0n) is 10.7. The van der Waals surface area contributed by atoms with Crippen molar-refractivity contribution in [2.45, 2.75) is 19.3 Å². The van der Waals surface area contributed by atoms with E-state index in [2.05, 4.69) is 0 Å². The van der Waals surface area contributed by atoms with Crippen molar-refractivity contribution in [3.05, 3.63) is 52.2 Å². The molecule has 100 valence electrons. The van der Waals surface area contributed by atoms with Gasteiger partial charge in [-0.2, -0.15) is 0 Å². The smallest absolute Gasteiger partial charge is 0.312 e. The highest BCUT2D eigenvalue weighted by Gasteiger charge is 2.21. The number of hydrogen-bond donors (Lipinski definition) is 1. The van der Waals surface area contributed by atoms with Crippen molar-refractivity contribution in [1.29, 1.82) is 0 Å². The van der Waals surface area contributed by atoms with Gasteiger partial charge in [-0.15, -0.1) is 11.3 Å². The second-order valence-corrected chi connectivity index (χ2v) is 5.17. The Bertz CT molecular complexity index is 517. The molecule has 0 saturated heterocycles. The number of rotatable bonds is 6. The Hall–Kier alpha value is -1.81. The van der Waals surface area contributed by atoms with E-state index in [1.165, 1.54) is 11.3 Å². The third kappa shape index (κ3) is 3.58. The van der Waals surface area contributed by atoms with Gasteiger partial charge in [-0.3, -0.25) is 4.79 Å². The van der Waals surface area contributed by atoms with Gasteiger partial charge in [0.2, 0.25) is 0 Å². The average Bonchev–Trinajstić information content (AvgIpc) is 2.91. The lowest BCUT2D eigenvalue weighted by Crippen LogP contribution is -2.13. The Kier molecular flexibility index (Phi) is 4.58. The van der Waals surface area contributed by atoms with Crippen molar-refractivity contribution in [2.75, 3.05) is 6.61 Å². The molecule has 1 aromatic heterocycles. The summed E-state index contributed by atoms with van der Waals surface area (Å²) in [6, 6.07) is 11.4. The predicted molar refractivity (Wildman–Crippen MR) is 76.0 cm³/mol. The van der Waals surface area contributed by atoms with Crippen LogP contribution >= 0.6 is 11.3 Å². The molecule has 1 unspecified atom stereocenters. The van der Waals surface area contributed by atoms with Crippen molar-refractivity contribution in [1.82, 2.24) is 0 Å². The van der Waals surface area contributed by atoms with Gasteiger partial charge in [-0.25, -0.2) is 0 Å². The van der Waals surface area contributed by atoms with E-state index >= 15 is 0 Å². The van der Waals surface area contributed by atoms with Crippen molar-refractivity contribution in [3.8, 4) is 5.75 Å². The Morgan fingerprint density at radius 1 is 1.32 bits per heavy atom. The maximum absolute atomic E-state index is 11.4. The minimum absolute atomic E-state index is 0.474. The molecular weight excluding hydrogens is 260 g/mol. The number of aliphatic carboxylic acids is 1. The summed E-state index contributed by atoms with van der Waals surface area (Å²) in [5, 5.41) is 11.2. The molecule has 0 aliphatic rings. The summed E-state index contributed by atoms with van der Waals surface area (Å²) in [7, 11) is 0. The van der Waals surface area contributed by atoms with E-state index in [0.29, 0.717) is 13.0 Å². The van der Waals surface area contributed by atoms with E-state index in [-0.39, 0.29) is 0 Å². The molecule has 1 atom stereocenters. The minimum atomic E-state index is -0.781. The second kappa shape index (κ2) is 6.38. The molecule has 0 aliphatic heterocycles. The van der Waals surface area contributed by atoms with E-state index in [4.69, 9.17) is 4.74 Å². The highest BCUT2D eigenvalue weighted by molar-refractivity contribution is 7.10. The molecule has 1 aromatic carbocycles. The normalized spacial score (nSPS) is 12.1. The fourth-order valence-electron chi connectivity index (χ4n) is 1.92. The molecular formula is C15H16O3S. The van der Waals surface area contributed by atoms with E-state index in [1.54, 1.807) is 0 Å². The van der Waals surface area contributed by atoms with Gasteiger partial charge in [-0.1, -0.05) is 18.2 Å². The molecule has 0 fully saturated rings. The SMILES string of the molecule is CCOc1ccc(CC(C(=O)O)c2cccs2)cc1. The highest BCUT2D eigenvalue weighted by Crippen LogP contribution is 2.26. The van der Waals surface area contributed by atoms with Crippen molar-refractivity contribution < 1.29 is 14.6 Å². The van der Waals surface area contributed by atoms with Crippen LogP contribution in [0.5, 0.6) is 5.75 Å². The van der Waals surface area contributed by atoms with E-state index < -0.39 is 11.9 Å². The molecule has 0 amide bonds. The Labute approximate surface area is 116 Å². The number of carbonyl (C=O) groups is 1. The number of benzene rings is 1. The predicted octanol–water partition coefficient (Wildman–Crippen LogP) is 3.56. The van der Waals surface area contributed by atoms with Gasteiger partial charge in [0.25, 0.3) is 0 Å². The van der Waals surface area contributed by atoms with Crippen LogP contribution in [0.1, 0.15) is 23.3 Å². The first-order valence-electron chi connectivity index (χ1n) is 6.18. The lowest BCUT2D eigenvalue weighted by molar-refractivity contribution is -0.138. The molecule has 1 N–H and O–H groups in total. The molecule has 0 radical (unpaired) electrons. The van der Waals surface area contributed by atoms with Crippen LogP contribution in [0.3, 0.4) is 0 Å². The fraction of sp³-hybridized carbons (Fsp3) is 0.267. The Morgan fingerprint density at radius 3 is 2.58 bits per heavy atom. The largest absolute Gasteiger partial charge is 0.494 e. The minimum Gasteiger partial charge on any atom is -0.494 e. The zero-order valence-corrected chi connectivity index (χ0v) is 11.5. The van der Waals surface area contributed by atoms with Crippen LogP contribution in [-0.2, 0) is 11.2 Å². The number of carboxylic acids is 1. The van der Waals surface area contributed by atoms with Crippen molar-refractivity contribution in [2.24, 2.45) is 0 Å². The Morgan fingerprint density at radius 2 is 2.05 bits per heavy atom. The average molecular weight is 276 g/mol. The summed E-state index contributed by atoms with van der Waals surface area (Å²) in [5.41, 5.74) is 1.00. The molecule has 2 rings (SSSR count). The summed E-state index contributed by atoms with van der Waals surface area (Å²) in [5.74, 6) is -0.441. The maximum atomic E-state index is 11.4. The number of hydrogen-bond acceptors (Lipinski definition) is 3. The molecule has 2 aromatic rings. The summed E-state index contributed by atoms with van der Waals surface area (Å²) in [6.45, 7) is 2.57. The fourth-order valence-corrected chi connectivity index (χ4v) is 2.74. The van der Waals surface area contributed by atoms with Gasteiger partial charge >= 0.3 is 5.97 Å². The molecule has 0 spiro atoms. The van der Waals surface area contributed by atoms with Crippen molar-refractivity contribution >= 4 is 17.3 Å². The van der Waals surface area contributed by atoms with Gasteiger partial charge in [0.1, 0.15) is 5.75 Å². The molecule has 19 heavy (non-hydrogen) atoms. The van der Waals surface area contributed by atoms with Crippen LogP contribution in [0.25, 0.3) is 0 Å². The molecule has 4 heteroatoms. The topological polar surface area (TPSA) is 46.5 Å². The van der Waals surface area contributed by atoms with Crippen LogP contribution < -0.4 is 4.74 Å². The summed E-state index contributed by atoms with van der Waals surface area (Å²) in [4.78, 5) is 12.2. The molecule has 0 bridgehead atoms. The van der Waals surface area contributed by atoms with Gasteiger partial charge in [0, 0.05) is 4.88 Å². The van der Waals surface area contributed by atoms with Crippen molar-refractivity contribution in [3.63, 3.8) is 0 Å². The third-order valence-corrected chi connectivity index (χ3v) is 3.84. The van der Waals surface area contributed by atoms with Gasteiger partial charge in [-0.05, 0) is 42.5 Å². The monoisotopic (exact) mass is 276 g/mol. The number of thiophene rings is 1. The Balaban J connectivity index is 2.11. The maximum Gasteiger partial charge on any atom is 0.312 e. The molecule has 0 aliphatic carbocycles. The van der Waals surface area contributed by atoms with Crippen LogP contribution in [-0.4, -0.2) is 17.7 Å². The first-order valence-corrected chi connectivity index (χ1v) is 7.06. The third-order valence-electron chi connectivity index (χ3n) is 2.86. The van der Waals surface area contributed by atoms with Crippen LogP contribution in [0.2, 0.25) is 0 Å². The highest BCUT2D eigenvalue weighted by atomic mass is 32.1. The first-order chi connectivity index (χ1) is 9.20. The molecule has 3 nitrogen and oxygen atoms in total. The zero-order chi connectivity index (χ0) is 13.7. The van der Waals surface area contributed by atoms with E-state index in [9.17, 15) is 9.90 Å². The van der Waals surface area contributed by atoms with Gasteiger partial charge < -0.3 is 9.84 Å². The molecule has 1 heterocycles. The first kappa shape index (κ1) is 13.6. The number of ether oxygens (including phenoxy) is 1. The van der Waals surface area contributed by atoms with Gasteiger partial charge in [0.05, 0.1) is 12.5 Å². The number of carboxylic acid groups (broad SMARTS) is 1. The van der Waals surface area contributed by atoms with E-state index in [1.807, 2.05) is 48.7 Å².